The van der Waals surface area contributed by atoms with Gasteiger partial charge in [0.15, 0.2) is 32.6 Å². The van der Waals surface area contributed by atoms with E-state index >= 15 is 0 Å². The minimum absolute atomic E-state index is 0.711. The number of hydrogen-bond acceptors (Lipinski definition) is 1. The van der Waals surface area contributed by atoms with Crippen molar-refractivity contribution >= 4 is 41.4 Å². The van der Waals surface area contributed by atoms with Gasteiger partial charge in [0.05, 0.1) is 11.6 Å². The second-order valence-corrected chi connectivity index (χ2v) is 4.87. The van der Waals surface area contributed by atoms with E-state index in [1.54, 1.807) is 0 Å². The number of rotatable bonds is 1. The maximum absolute atomic E-state index is 9.06. The van der Waals surface area contributed by atoms with E-state index in [0.29, 0.717) is 5.56 Å². The summed E-state index contributed by atoms with van der Waals surface area (Å²) in [6.45, 7) is 0. The lowest BCUT2D eigenvalue weighted by Gasteiger charge is -2.06. The van der Waals surface area contributed by atoms with Crippen LogP contribution in [0.5, 0.6) is 0 Å². The summed E-state index contributed by atoms with van der Waals surface area (Å²) in [5.74, 6) is 0. The van der Waals surface area contributed by atoms with Gasteiger partial charge in [-0.25, -0.2) is 0 Å². The summed E-state index contributed by atoms with van der Waals surface area (Å²) in [5.41, 5.74) is 2.77. The number of benzene rings is 2. The first-order chi connectivity index (χ1) is 7.70. The zero-order chi connectivity index (χ0) is 11.5. The minimum atomic E-state index is 0.711. The Hall–Kier alpha value is -1.01. The monoisotopic (exact) mass is 231 g/mol. The van der Waals surface area contributed by atoms with Gasteiger partial charge in [0.25, 0.3) is 0 Å². The molecule has 0 aromatic heterocycles. The lowest BCUT2D eigenvalue weighted by molar-refractivity contribution is 1.48. The van der Waals surface area contributed by atoms with Gasteiger partial charge >= 0.3 is 0 Å². The van der Waals surface area contributed by atoms with Gasteiger partial charge < -0.3 is 0 Å². The number of nitrogens with zero attached hydrogens (tertiary/aromatic N) is 1. The van der Waals surface area contributed by atoms with E-state index in [0.717, 1.165) is 20.0 Å². The fraction of sp³-hybridized carbons (Fsp3) is 0. The van der Waals surface area contributed by atoms with E-state index in [2.05, 4.69) is 38.6 Å². The van der Waals surface area contributed by atoms with E-state index in [4.69, 9.17) is 5.26 Å². The van der Waals surface area contributed by atoms with Crippen LogP contribution in [0.25, 0.3) is 11.1 Å². The predicted octanol–water partition coefficient (Wildman–Crippen LogP) is 0.813. The lowest BCUT2D eigenvalue weighted by Crippen LogP contribution is -2.04. The molecule has 0 aliphatic heterocycles. The van der Waals surface area contributed by atoms with Crippen molar-refractivity contribution in [1.29, 1.82) is 5.26 Å². The average Bonchev–Trinajstić information content (AvgIpc) is 2.30. The van der Waals surface area contributed by atoms with Crippen molar-refractivity contribution in [2.75, 3.05) is 0 Å². The van der Waals surface area contributed by atoms with Crippen LogP contribution in [0.1, 0.15) is 5.56 Å². The second kappa shape index (κ2) is 4.89. The largest absolute Gasteiger partial charge is 0.192 e. The summed E-state index contributed by atoms with van der Waals surface area (Å²) in [5, 5.41) is 9.06. The first-order valence-corrected chi connectivity index (χ1v) is 6.02. The molecule has 0 aliphatic carbocycles. The fourth-order valence-corrected chi connectivity index (χ4v) is 2.02. The molecule has 0 atom stereocenters. The molecule has 0 heterocycles. The molecule has 2 aromatic carbocycles. The Morgan fingerprint density at radius 2 is 1.50 bits per heavy atom. The van der Waals surface area contributed by atoms with Gasteiger partial charge in [-0.15, -0.1) is 8.85 Å². The van der Waals surface area contributed by atoms with Gasteiger partial charge in [-0.2, -0.15) is 5.26 Å². The van der Waals surface area contributed by atoms with Crippen LogP contribution in [0.4, 0.5) is 0 Å². The number of hydrogen-bond donors (Lipinski definition) is 0. The molecule has 70 valence electrons. The van der Waals surface area contributed by atoms with Crippen molar-refractivity contribution < 1.29 is 0 Å². The molecule has 0 amide bonds. The molecule has 1 nitrogen and oxygen atoms in total. The Balaban J connectivity index is 2.59. The average molecular weight is 231 g/mol. The highest BCUT2D eigenvalue weighted by Gasteiger charge is 2.03. The SMILES string of the molecule is N#Cc1cc[c]([Al])cc1-c1cc[c]([Al])cc1. The smallest absolute Gasteiger partial charge is 0.175 e. The normalized spacial score (nSPS) is 9.69. The molecule has 0 aliphatic rings. The van der Waals surface area contributed by atoms with Gasteiger partial charge in [0.1, 0.15) is 0 Å². The van der Waals surface area contributed by atoms with E-state index in [9.17, 15) is 0 Å². The van der Waals surface area contributed by atoms with Gasteiger partial charge in [-0.1, -0.05) is 36.4 Å². The Morgan fingerprint density at radius 1 is 0.875 bits per heavy atom. The molecular weight excluding hydrogens is 224 g/mol. The summed E-state index contributed by atoms with van der Waals surface area (Å²) in [6, 6.07) is 16.1. The van der Waals surface area contributed by atoms with Crippen LogP contribution >= 0.6 is 0 Å². The van der Waals surface area contributed by atoms with E-state index in [-0.39, 0.29) is 0 Å². The van der Waals surface area contributed by atoms with E-state index < -0.39 is 0 Å². The maximum Gasteiger partial charge on any atom is 0.175 e. The zero-order valence-electron chi connectivity index (χ0n) is 8.64. The third-order valence-electron chi connectivity index (χ3n) is 2.39. The van der Waals surface area contributed by atoms with Crippen LogP contribution in [0.3, 0.4) is 0 Å². The highest BCUT2D eigenvalue weighted by molar-refractivity contribution is 6.33. The van der Waals surface area contributed by atoms with Crippen molar-refractivity contribution in [2.45, 2.75) is 0 Å². The third kappa shape index (κ3) is 2.39. The molecule has 0 fully saturated rings. The second-order valence-electron chi connectivity index (χ2n) is 3.54. The van der Waals surface area contributed by atoms with Crippen LogP contribution in [-0.4, -0.2) is 32.6 Å². The van der Waals surface area contributed by atoms with Crippen molar-refractivity contribution in [3.63, 3.8) is 0 Å². The molecular formula is C13H7Al2N. The van der Waals surface area contributed by atoms with Gasteiger partial charge in [-0.3, -0.25) is 0 Å². The fourth-order valence-electron chi connectivity index (χ4n) is 1.56. The first-order valence-electron chi connectivity index (χ1n) is 4.86. The molecule has 0 bridgehead atoms. The van der Waals surface area contributed by atoms with Gasteiger partial charge in [0.2, 0.25) is 0 Å². The van der Waals surface area contributed by atoms with Crippen LogP contribution in [0.15, 0.2) is 42.5 Å². The molecule has 0 spiro atoms. The molecule has 3 heteroatoms. The molecule has 0 unspecified atom stereocenters. The van der Waals surface area contributed by atoms with Crippen LogP contribution in [0.2, 0.25) is 0 Å². The van der Waals surface area contributed by atoms with Crippen molar-refractivity contribution in [3.05, 3.63) is 48.0 Å². The maximum atomic E-state index is 9.06. The summed E-state index contributed by atoms with van der Waals surface area (Å²) < 4.78 is 2.23. The molecule has 4 radical (unpaired) electrons. The van der Waals surface area contributed by atoms with Crippen molar-refractivity contribution in [1.82, 2.24) is 0 Å². The third-order valence-corrected chi connectivity index (χ3v) is 3.13. The van der Waals surface area contributed by atoms with Crippen LogP contribution in [-0.2, 0) is 0 Å². The highest BCUT2D eigenvalue weighted by Crippen LogP contribution is 2.21. The van der Waals surface area contributed by atoms with E-state index in [1.807, 2.05) is 42.5 Å². The predicted molar refractivity (Wildman–Crippen MR) is 67.4 cm³/mol. The summed E-state index contributed by atoms with van der Waals surface area (Å²) in [4.78, 5) is 0. The quantitative estimate of drug-likeness (QED) is 0.666. The molecule has 2 rings (SSSR count). The Labute approximate surface area is 112 Å². The number of nitriles is 1. The standard InChI is InChI=1S/C13H7N.2Al/c14-10-12-8-4-5-9-13(12)11-6-2-1-3-7-11;;/h2-4,6-9H;;. The molecule has 2 aromatic rings. The Morgan fingerprint density at radius 3 is 2.12 bits per heavy atom. The van der Waals surface area contributed by atoms with E-state index in [1.165, 1.54) is 0 Å². The summed E-state index contributed by atoms with van der Waals surface area (Å²) in [7, 11) is 0. The van der Waals surface area contributed by atoms with Crippen molar-refractivity contribution in [3.8, 4) is 17.2 Å². The summed E-state index contributed by atoms with van der Waals surface area (Å²) in [6.07, 6.45) is 0. The van der Waals surface area contributed by atoms with Gasteiger partial charge in [-0.05, 0) is 17.2 Å². The first kappa shape index (κ1) is 11.5. The molecule has 16 heavy (non-hydrogen) atoms. The van der Waals surface area contributed by atoms with Gasteiger partial charge in [0, 0.05) is 0 Å². The topological polar surface area (TPSA) is 23.8 Å². The Kier molecular flexibility index (Phi) is 3.50. The minimum Gasteiger partial charge on any atom is -0.192 e. The zero-order valence-corrected chi connectivity index (χ0v) is 11.0. The van der Waals surface area contributed by atoms with Crippen molar-refractivity contribution in [2.24, 2.45) is 0 Å². The highest BCUT2D eigenvalue weighted by atomic mass is 27.1. The summed E-state index contributed by atoms with van der Waals surface area (Å²) >= 11 is 5.31. The van der Waals surface area contributed by atoms with Crippen LogP contribution in [0, 0.1) is 11.3 Å². The molecule has 0 saturated carbocycles. The van der Waals surface area contributed by atoms with Crippen LogP contribution < -0.4 is 8.85 Å². The lowest BCUT2D eigenvalue weighted by atomic mass is 10.0. The Bertz CT molecular complexity index is 553. The molecule has 0 saturated heterocycles. The molecule has 0 N–H and O–H groups in total.